The zero-order valence-corrected chi connectivity index (χ0v) is 8.55. The van der Waals surface area contributed by atoms with Crippen molar-refractivity contribution in [1.29, 1.82) is 5.26 Å². The summed E-state index contributed by atoms with van der Waals surface area (Å²) < 4.78 is 5.41. The van der Waals surface area contributed by atoms with Crippen LogP contribution in [0.15, 0.2) is 0 Å². The molecule has 2 nitrogen and oxygen atoms in total. The number of nitriles is 1. The summed E-state index contributed by atoms with van der Waals surface area (Å²) in [5, 5.41) is 8.52. The van der Waals surface area contributed by atoms with Gasteiger partial charge in [-0.15, -0.1) is 0 Å². The molecule has 0 bridgehead atoms. The monoisotopic (exact) mass is 169 g/mol. The van der Waals surface area contributed by atoms with Gasteiger partial charge in [0.05, 0.1) is 12.2 Å². The first-order valence-electron chi connectivity index (χ1n) is 4.46. The number of hydrogen-bond donors (Lipinski definition) is 0. The summed E-state index contributed by atoms with van der Waals surface area (Å²) in [5.74, 6) is 0. The Labute approximate surface area is 75.5 Å². The predicted octanol–water partition coefficient (Wildman–Crippen LogP) is 2.74. The maximum Gasteiger partial charge on any atom is 0.0627 e. The van der Waals surface area contributed by atoms with Crippen LogP contribution in [0.3, 0.4) is 0 Å². The minimum Gasteiger partial charge on any atom is -0.379 e. The van der Waals surface area contributed by atoms with Gasteiger partial charge in [-0.1, -0.05) is 13.8 Å². The standard InChI is InChI=1S/C10H19NO/c1-9(2)12-8-6-10(3,4)5-7-11/h9H,5-6,8H2,1-4H3. The van der Waals surface area contributed by atoms with E-state index >= 15 is 0 Å². The maximum atomic E-state index is 8.52. The second-order valence-corrected chi connectivity index (χ2v) is 4.17. The van der Waals surface area contributed by atoms with E-state index in [0.29, 0.717) is 12.5 Å². The van der Waals surface area contributed by atoms with Gasteiger partial charge in [0.2, 0.25) is 0 Å². The van der Waals surface area contributed by atoms with Crippen LogP contribution in [0.2, 0.25) is 0 Å². The van der Waals surface area contributed by atoms with Gasteiger partial charge in [0.15, 0.2) is 0 Å². The van der Waals surface area contributed by atoms with Crippen molar-refractivity contribution in [3.63, 3.8) is 0 Å². The molecule has 0 atom stereocenters. The maximum absolute atomic E-state index is 8.52. The molecule has 70 valence electrons. The average Bonchev–Trinajstić information content (AvgIpc) is 1.85. The molecule has 0 radical (unpaired) electrons. The molecule has 0 saturated heterocycles. The van der Waals surface area contributed by atoms with Crippen molar-refractivity contribution in [1.82, 2.24) is 0 Å². The molecule has 0 aliphatic rings. The SMILES string of the molecule is CC(C)OCCC(C)(C)CC#N. The molecule has 0 fully saturated rings. The molecule has 0 aliphatic carbocycles. The average molecular weight is 169 g/mol. The minimum absolute atomic E-state index is 0.101. The van der Waals surface area contributed by atoms with E-state index < -0.39 is 0 Å². The van der Waals surface area contributed by atoms with E-state index in [9.17, 15) is 0 Å². The van der Waals surface area contributed by atoms with Crippen molar-refractivity contribution < 1.29 is 4.74 Å². The fourth-order valence-corrected chi connectivity index (χ4v) is 0.873. The van der Waals surface area contributed by atoms with Crippen LogP contribution in [-0.2, 0) is 4.74 Å². The smallest absolute Gasteiger partial charge is 0.0627 e. The fourth-order valence-electron chi connectivity index (χ4n) is 0.873. The lowest BCUT2D eigenvalue weighted by atomic mass is 9.87. The summed E-state index contributed by atoms with van der Waals surface area (Å²) in [6.45, 7) is 9.00. The van der Waals surface area contributed by atoms with Crippen molar-refractivity contribution in [3.8, 4) is 6.07 Å². The quantitative estimate of drug-likeness (QED) is 0.634. The van der Waals surface area contributed by atoms with Crippen molar-refractivity contribution >= 4 is 0 Å². The van der Waals surface area contributed by atoms with Gasteiger partial charge in [0, 0.05) is 13.0 Å². The Morgan fingerprint density at radius 1 is 1.42 bits per heavy atom. The first kappa shape index (κ1) is 11.4. The molecule has 0 aliphatic heterocycles. The van der Waals surface area contributed by atoms with Crippen LogP contribution in [0.5, 0.6) is 0 Å². The molecular weight excluding hydrogens is 150 g/mol. The first-order chi connectivity index (χ1) is 5.48. The van der Waals surface area contributed by atoms with E-state index in [4.69, 9.17) is 10.00 Å². The molecule has 0 heterocycles. The largest absolute Gasteiger partial charge is 0.379 e. The van der Waals surface area contributed by atoms with E-state index in [0.717, 1.165) is 13.0 Å². The summed E-state index contributed by atoms with van der Waals surface area (Å²) in [4.78, 5) is 0. The van der Waals surface area contributed by atoms with Gasteiger partial charge >= 0.3 is 0 Å². The van der Waals surface area contributed by atoms with Crippen LogP contribution in [0, 0.1) is 16.7 Å². The van der Waals surface area contributed by atoms with Gasteiger partial charge < -0.3 is 4.74 Å². The molecule has 0 spiro atoms. The molecular formula is C10H19NO. The molecule has 0 aromatic carbocycles. The topological polar surface area (TPSA) is 33.0 Å². The molecule has 0 N–H and O–H groups in total. The van der Waals surface area contributed by atoms with Crippen LogP contribution in [-0.4, -0.2) is 12.7 Å². The lowest BCUT2D eigenvalue weighted by Gasteiger charge is -2.21. The third-order valence-electron chi connectivity index (χ3n) is 1.79. The number of nitrogens with zero attached hydrogens (tertiary/aromatic N) is 1. The molecule has 0 saturated carbocycles. The normalized spacial score (nSPS) is 11.7. The highest BCUT2D eigenvalue weighted by molar-refractivity contribution is 4.81. The van der Waals surface area contributed by atoms with Gasteiger partial charge in [-0.2, -0.15) is 5.26 Å². The Morgan fingerprint density at radius 3 is 2.42 bits per heavy atom. The zero-order chi connectivity index (χ0) is 9.61. The highest BCUT2D eigenvalue weighted by Gasteiger charge is 2.16. The van der Waals surface area contributed by atoms with Crippen LogP contribution >= 0.6 is 0 Å². The highest BCUT2D eigenvalue weighted by Crippen LogP contribution is 2.24. The summed E-state index contributed by atoms with van der Waals surface area (Å²) in [6.07, 6.45) is 1.86. The fraction of sp³-hybridized carbons (Fsp3) is 0.900. The highest BCUT2D eigenvalue weighted by atomic mass is 16.5. The Morgan fingerprint density at radius 2 is 2.00 bits per heavy atom. The lowest BCUT2D eigenvalue weighted by Crippen LogP contribution is -2.15. The van der Waals surface area contributed by atoms with Gasteiger partial charge in [-0.05, 0) is 25.7 Å². The number of hydrogen-bond acceptors (Lipinski definition) is 2. The van der Waals surface area contributed by atoms with Crippen LogP contribution in [0.1, 0.15) is 40.5 Å². The van der Waals surface area contributed by atoms with E-state index in [-0.39, 0.29) is 5.41 Å². The number of rotatable bonds is 5. The Kier molecular flexibility index (Phi) is 4.92. The van der Waals surface area contributed by atoms with Crippen molar-refractivity contribution in [2.45, 2.75) is 46.6 Å². The van der Waals surface area contributed by atoms with Crippen molar-refractivity contribution in [3.05, 3.63) is 0 Å². The molecule has 0 amide bonds. The lowest BCUT2D eigenvalue weighted by molar-refractivity contribution is 0.0582. The van der Waals surface area contributed by atoms with Gasteiger partial charge in [-0.25, -0.2) is 0 Å². The van der Waals surface area contributed by atoms with E-state index in [1.54, 1.807) is 0 Å². The third kappa shape index (κ3) is 6.18. The van der Waals surface area contributed by atoms with Crippen LogP contribution in [0.25, 0.3) is 0 Å². The van der Waals surface area contributed by atoms with E-state index in [2.05, 4.69) is 19.9 Å². The Bertz CT molecular complexity index is 156. The van der Waals surface area contributed by atoms with Crippen LogP contribution in [0.4, 0.5) is 0 Å². The Balaban J connectivity index is 3.55. The summed E-state index contributed by atoms with van der Waals surface area (Å²) in [6, 6.07) is 2.19. The molecule has 2 heteroatoms. The molecule has 0 aromatic rings. The Hall–Kier alpha value is -0.550. The molecule has 0 aromatic heterocycles. The molecule has 12 heavy (non-hydrogen) atoms. The third-order valence-corrected chi connectivity index (χ3v) is 1.79. The van der Waals surface area contributed by atoms with Crippen molar-refractivity contribution in [2.75, 3.05) is 6.61 Å². The van der Waals surface area contributed by atoms with E-state index in [1.165, 1.54) is 0 Å². The first-order valence-corrected chi connectivity index (χ1v) is 4.46. The van der Waals surface area contributed by atoms with Crippen molar-refractivity contribution in [2.24, 2.45) is 5.41 Å². The zero-order valence-electron chi connectivity index (χ0n) is 8.55. The predicted molar refractivity (Wildman–Crippen MR) is 49.7 cm³/mol. The minimum atomic E-state index is 0.101. The van der Waals surface area contributed by atoms with Gasteiger partial charge in [-0.3, -0.25) is 0 Å². The second-order valence-electron chi connectivity index (χ2n) is 4.17. The number of ether oxygens (including phenoxy) is 1. The van der Waals surface area contributed by atoms with Gasteiger partial charge in [0.25, 0.3) is 0 Å². The summed E-state index contributed by atoms with van der Waals surface area (Å²) >= 11 is 0. The molecule has 0 unspecified atom stereocenters. The summed E-state index contributed by atoms with van der Waals surface area (Å²) in [7, 11) is 0. The summed E-state index contributed by atoms with van der Waals surface area (Å²) in [5.41, 5.74) is 0.101. The molecule has 0 rings (SSSR count). The second kappa shape index (κ2) is 5.16. The van der Waals surface area contributed by atoms with Crippen LogP contribution < -0.4 is 0 Å². The van der Waals surface area contributed by atoms with Gasteiger partial charge in [0.1, 0.15) is 0 Å². The van der Waals surface area contributed by atoms with E-state index in [1.807, 2.05) is 13.8 Å².